The molecule has 1 aromatic rings. The Balaban J connectivity index is 2.87. The van der Waals surface area contributed by atoms with E-state index in [1.165, 1.54) is 34.0 Å². The summed E-state index contributed by atoms with van der Waals surface area (Å²) in [5.41, 5.74) is 5.01. The molecular formula is C14H20O2S. The molecule has 0 aliphatic heterocycles. The van der Waals surface area contributed by atoms with Gasteiger partial charge in [-0.05, 0) is 51.3 Å². The van der Waals surface area contributed by atoms with Gasteiger partial charge in [-0.25, -0.2) is 0 Å². The first-order chi connectivity index (χ1) is 7.74. The minimum atomic E-state index is -0.759. The minimum Gasteiger partial charge on any atom is -0.480 e. The predicted octanol–water partition coefficient (Wildman–Crippen LogP) is 3.71. The van der Waals surface area contributed by atoms with Crippen LogP contribution in [0.5, 0.6) is 0 Å². The van der Waals surface area contributed by atoms with Crippen LogP contribution in [0, 0.1) is 20.8 Å². The first-order valence-electron chi connectivity index (χ1n) is 5.68. The lowest BCUT2D eigenvalue weighted by Gasteiger charge is -2.20. The SMILES string of the molecule is Cc1cc(C)c(CSC(C)(C)C(=O)O)c(C)c1. The van der Waals surface area contributed by atoms with E-state index in [2.05, 4.69) is 32.9 Å². The van der Waals surface area contributed by atoms with Crippen molar-refractivity contribution in [1.29, 1.82) is 0 Å². The number of carboxylic acids is 1. The molecule has 1 N–H and O–H groups in total. The van der Waals surface area contributed by atoms with E-state index in [1.807, 2.05) is 0 Å². The number of benzene rings is 1. The maximum absolute atomic E-state index is 11.0. The highest BCUT2D eigenvalue weighted by molar-refractivity contribution is 8.00. The molecule has 3 heteroatoms. The zero-order chi connectivity index (χ0) is 13.2. The molecule has 0 atom stereocenters. The second kappa shape index (κ2) is 5.13. The van der Waals surface area contributed by atoms with Crippen LogP contribution >= 0.6 is 11.8 Å². The van der Waals surface area contributed by atoms with Crippen molar-refractivity contribution < 1.29 is 9.90 Å². The average Bonchev–Trinajstić information content (AvgIpc) is 2.15. The number of carboxylic acid groups (broad SMARTS) is 1. The number of aryl methyl sites for hydroxylation is 3. The lowest BCUT2D eigenvalue weighted by molar-refractivity contribution is -0.138. The summed E-state index contributed by atoms with van der Waals surface area (Å²) in [6.07, 6.45) is 0. The Kier molecular flexibility index (Phi) is 4.26. The summed E-state index contributed by atoms with van der Waals surface area (Å²) in [5.74, 6) is -0.0121. The summed E-state index contributed by atoms with van der Waals surface area (Å²) >= 11 is 1.47. The number of carbonyl (C=O) groups is 1. The highest BCUT2D eigenvalue weighted by Crippen LogP contribution is 2.31. The van der Waals surface area contributed by atoms with Crippen LogP contribution in [0.4, 0.5) is 0 Å². The summed E-state index contributed by atoms with van der Waals surface area (Å²) < 4.78 is -0.732. The zero-order valence-corrected chi connectivity index (χ0v) is 11.9. The molecule has 0 aliphatic carbocycles. The first kappa shape index (κ1) is 14.1. The molecule has 0 aromatic heterocycles. The molecule has 0 unspecified atom stereocenters. The van der Waals surface area contributed by atoms with E-state index < -0.39 is 10.7 Å². The average molecular weight is 252 g/mol. The van der Waals surface area contributed by atoms with Crippen molar-refractivity contribution in [2.75, 3.05) is 0 Å². The lowest BCUT2D eigenvalue weighted by atomic mass is 10.0. The predicted molar refractivity (Wildman–Crippen MR) is 73.7 cm³/mol. The molecule has 17 heavy (non-hydrogen) atoms. The van der Waals surface area contributed by atoms with Gasteiger partial charge in [0.05, 0.1) is 0 Å². The number of rotatable bonds is 4. The van der Waals surface area contributed by atoms with Crippen molar-refractivity contribution in [3.63, 3.8) is 0 Å². The lowest BCUT2D eigenvalue weighted by Crippen LogP contribution is -2.27. The highest BCUT2D eigenvalue weighted by atomic mass is 32.2. The molecule has 0 spiro atoms. The maximum Gasteiger partial charge on any atom is 0.319 e. The van der Waals surface area contributed by atoms with Crippen molar-refractivity contribution in [2.45, 2.75) is 45.1 Å². The standard InChI is InChI=1S/C14H20O2S/c1-9-6-10(2)12(11(3)7-9)8-17-14(4,5)13(15)16/h6-7H,8H2,1-5H3,(H,15,16). The number of aliphatic carboxylic acids is 1. The van der Waals surface area contributed by atoms with Gasteiger partial charge in [-0.3, -0.25) is 4.79 Å². The van der Waals surface area contributed by atoms with Gasteiger partial charge < -0.3 is 5.11 Å². The van der Waals surface area contributed by atoms with Crippen LogP contribution in [0.15, 0.2) is 12.1 Å². The number of hydrogen-bond donors (Lipinski definition) is 1. The Morgan fingerprint density at radius 2 is 1.71 bits per heavy atom. The fourth-order valence-electron chi connectivity index (χ4n) is 1.75. The molecule has 0 heterocycles. The van der Waals surface area contributed by atoms with Crippen LogP contribution < -0.4 is 0 Å². The summed E-state index contributed by atoms with van der Waals surface area (Å²) in [6, 6.07) is 4.30. The van der Waals surface area contributed by atoms with Gasteiger partial charge in [0, 0.05) is 5.75 Å². The van der Waals surface area contributed by atoms with Gasteiger partial charge >= 0.3 is 5.97 Å². The summed E-state index contributed by atoms with van der Waals surface area (Å²) in [4.78, 5) is 11.0. The minimum absolute atomic E-state index is 0.732. The molecule has 0 saturated heterocycles. The van der Waals surface area contributed by atoms with E-state index in [1.54, 1.807) is 13.8 Å². The quantitative estimate of drug-likeness (QED) is 0.887. The molecule has 0 saturated carbocycles. The molecule has 1 rings (SSSR count). The highest BCUT2D eigenvalue weighted by Gasteiger charge is 2.27. The second-order valence-electron chi connectivity index (χ2n) is 4.98. The Morgan fingerprint density at radius 1 is 1.24 bits per heavy atom. The largest absolute Gasteiger partial charge is 0.480 e. The van der Waals surface area contributed by atoms with Gasteiger partial charge in [0.25, 0.3) is 0 Å². The fourth-order valence-corrected chi connectivity index (χ4v) is 2.84. The fraction of sp³-hybridized carbons (Fsp3) is 0.500. The van der Waals surface area contributed by atoms with Crippen molar-refractivity contribution >= 4 is 17.7 Å². The van der Waals surface area contributed by atoms with Gasteiger partial charge in [0.1, 0.15) is 4.75 Å². The molecule has 0 fully saturated rings. The molecule has 0 bridgehead atoms. The van der Waals surface area contributed by atoms with Crippen molar-refractivity contribution in [3.05, 3.63) is 34.4 Å². The molecule has 1 aromatic carbocycles. The van der Waals surface area contributed by atoms with Crippen LogP contribution in [0.2, 0.25) is 0 Å². The smallest absolute Gasteiger partial charge is 0.319 e. The summed E-state index contributed by atoms with van der Waals surface area (Å²) in [6.45, 7) is 9.75. The Labute approximate surface area is 107 Å². The zero-order valence-electron chi connectivity index (χ0n) is 11.1. The van der Waals surface area contributed by atoms with Gasteiger partial charge in [0.15, 0.2) is 0 Å². The van der Waals surface area contributed by atoms with E-state index >= 15 is 0 Å². The van der Waals surface area contributed by atoms with Gasteiger partial charge in [-0.15, -0.1) is 11.8 Å². The van der Waals surface area contributed by atoms with E-state index in [9.17, 15) is 4.79 Å². The molecule has 0 aliphatic rings. The molecule has 0 radical (unpaired) electrons. The topological polar surface area (TPSA) is 37.3 Å². The molecule has 94 valence electrons. The summed E-state index contributed by atoms with van der Waals surface area (Å²) in [5, 5.41) is 9.08. The van der Waals surface area contributed by atoms with E-state index in [0.29, 0.717) is 0 Å². The first-order valence-corrected chi connectivity index (χ1v) is 6.66. The van der Waals surface area contributed by atoms with Crippen LogP contribution in [-0.4, -0.2) is 15.8 Å². The van der Waals surface area contributed by atoms with Crippen LogP contribution in [0.25, 0.3) is 0 Å². The third-order valence-corrected chi connectivity index (χ3v) is 4.26. The normalized spacial score (nSPS) is 11.6. The Hall–Kier alpha value is -0.960. The van der Waals surface area contributed by atoms with E-state index in [4.69, 9.17) is 5.11 Å². The third-order valence-electron chi connectivity index (χ3n) is 2.93. The van der Waals surface area contributed by atoms with Crippen LogP contribution in [0.1, 0.15) is 36.1 Å². The van der Waals surface area contributed by atoms with Gasteiger partial charge in [0.2, 0.25) is 0 Å². The summed E-state index contributed by atoms with van der Waals surface area (Å²) in [7, 11) is 0. The Bertz CT molecular complexity index is 413. The number of thioether (sulfide) groups is 1. The maximum atomic E-state index is 11.0. The van der Waals surface area contributed by atoms with Crippen molar-refractivity contribution in [3.8, 4) is 0 Å². The van der Waals surface area contributed by atoms with Crippen molar-refractivity contribution in [2.24, 2.45) is 0 Å². The van der Waals surface area contributed by atoms with E-state index in [0.717, 1.165) is 5.75 Å². The van der Waals surface area contributed by atoms with Gasteiger partial charge in [-0.2, -0.15) is 0 Å². The number of hydrogen-bond acceptors (Lipinski definition) is 2. The van der Waals surface area contributed by atoms with E-state index in [-0.39, 0.29) is 0 Å². The monoisotopic (exact) mass is 252 g/mol. The molecule has 2 nitrogen and oxygen atoms in total. The third kappa shape index (κ3) is 3.50. The Morgan fingerprint density at radius 3 is 2.12 bits per heavy atom. The van der Waals surface area contributed by atoms with Gasteiger partial charge in [-0.1, -0.05) is 17.7 Å². The molecule has 0 amide bonds. The van der Waals surface area contributed by atoms with Crippen LogP contribution in [-0.2, 0) is 10.5 Å². The van der Waals surface area contributed by atoms with Crippen molar-refractivity contribution in [1.82, 2.24) is 0 Å². The second-order valence-corrected chi connectivity index (χ2v) is 6.58. The van der Waals surface area contributed by atoms with Crippen LogP contribution in [0.3, 0.4) is 0 Å². The molecular weight excluding hydrogens is 232 g/mol.